The van der Waals surface area contributed by atoms with Gasteiger partial charge in [0.1, 0.15) is 0 Å². The van der Waals surface area contributed by atoms with Crippen molar-refractivity contribution in [3.05, 3.63) is 87.1 Å². The number of carbonyl (C=O) groups excluding carboxylic acids is 2. The summed E-state index contributed by atoms with van der Waals surface area (Å²) in [6, 6.07) is 18.0. The summed E-state index contributed by atoms with van der Waals surface area (Å²) in [5.41, 5.74) is 2.27. The van der Waals surface area contributed by atoms with Crippen molar-refractivity contribution in [3.8, 4) is 0 Å². The second-order valence-corrected chi connectivity index (χ2v) is 7.03. The third kappa shape index (κ3) is 4.94. The van der Waals surface area contributed by atoms with Gasteiger partial charge in [-0.25, -0.2) is 0 Å². The van der Waals surface area contributed by atoms with E-state index >= 15 is 0 Å². The van der Waals surface area contributed by atoms with Crippen molar-refractivity contribution in [1.29, 1.82) is 0 Å². The van der Waals surface area contributed by atoms with E-state index in [0.717, 1.165) is 5.56 Å². The Kier molecular flexibility index (Phi) is 6.04. The fraction of sp³-hybridized carbons (Fsp3) is 0.100. The highest BCUT2D eigenvalue weighted by atomic mass is 35.5. The number of amides is 2. The Balaban J connectivity index is 1.51. The molecule has 0 fully saturated rings. The molecule has 0 spiro atoms. The topological polar surface area (TPSA) is 58.2 Å². The van der Waals surface area contributed by atoms with Gasteiger partial charge in [0.15, 0.2) is 0 Å². The maximum atomic E-state index is 12.2. The SMILES string of the molecule is O=C(NCCc1cccc(Cl)c1)c1ccc(NC(=O)c2cccs2)cc1. The maximum absolute atomic E-state index is 12.2. The van der Waals surface area contributed by atoms with Crippen LogP contribution in [0, 0.1) is 0 Å². The standard InChI is InChI=1S/C20H17ClN2O2S/c21-16-4-1-3-14(13-16)10-11-22-19(24)15-6-8-17(9-7-15)23-20(25)18-5-2-12-26-18/h1-9,12-13H,10-11H2,(H,22,24)(H,23,25). The number of anilines is 1. The Labute approximate surface area is 160 Å². The zero-order valence-corrected chi connectivity index (χ0v) is 15.4. The van der Waals surface area contributed by atoms with E-state index < -0.39 is 0 Å². The van der Waals surface area contributed by atoms with Gasteiger partial charge in [0.25, 0.3) is 11.8 Å². The van der Waals surface area contributed by atoms with E-state index in [1.807, 2.05) is 35.7 Å². The predicted molar refractivity (Wildman–Crippen MR) is 106 cm³/mol. The Morgan fingerprint density at radius 3 is 2.46 bits per heavy atom. The lowest BCUT2D eigenvalue weighted by atomic mass is 10.1. The van der Waals surface area contributed by atoms with Gasteiger partial charge in [-0.3, -0.25) is 9.59 Å². The second kappa shape index (κ2) is 8.65. The first-order valence-electron chi connectivity index (χ1n) is 8.09. The summed E-state index contributed by atoms with van der Waals surface area (Å²) in [7, 11) is 0. The van der Waals surface area contributed by atoms with E-state index in [1.165, 1.54) is 11.3 Å². The number of hydrogen-bond acceptors (Lipinski definition) is 3. The third-order valence-corrected chi connectivity index (χ3v) is 4.84. The van der Waals surface area contributed by atoms with Crippen LogP contribution in [0.1, 0.15) is 25.6 Å². The molecule has 132 valence electrons. The number of halogens is 1. The van der Waals surface area contributed by atoms with E-state index in [2.05, 4.69) is 10.6 Å². The molecule has 2 aromatic carbocycles. The number of benzene rings is 2. The van der Waals surface area contributed by atoms with Crippen molar-refractivity contribution in [2.24, 2.45) is 0 Å². The molecule has 6 heteroatoms. The monoisotopic (exact) mass is 384 g/mol. The van der Waals surface area contributed by atoms with Gasteiger partial charge in [0.2, 0.25) is 0 Å². The van der Waals surface area contributed by atoms with Crippen LogP contribution in [0.15, 0.2) is 66.0 Å². The van der Waals surface area contributed by atoms with Crippen molar-refractivity contribution >= 4 is 40.4 Å². The molecule has 4 nitrogen and oxygen atoms in total. The minimum atomic E-state index is -0.154. The molecule has 0 aliphatic heterocycles. The van der Waals surface area contributed by atoms with Crippen LogP contribution in [0.4, 0.5) is 5.69 Å². The molecule has 0 aliphatic rings. The number of rotatable bonds is 6. The Bertz CT molecular complexity index is 892. The van der Waals surface area contributed by atoms with Crippen LogP contribution in [0.3, 0.4) is 0 Å². The molecule has 1 heterocycles. The summed E-state index contributed by atoms with van der Waals surface area (Å²) < 4.78 is 0. The summed E-state index contributed by atoms with van der Waals surface area (Å²) in [5.74, 6) is -0.304. The minimum Gasteiger partial charge on any atom is -0.352 e. The van der Waals surface area contributed by atoms with E-state index in [9.17, 15) is 9.59 Å². The molecule has 0 aliphatic carbocycles. The average Bonchev–Trinajstić information content (AvgIpc) is 3.17. The van der Waals surface area contributed by atoms with Crippen LogP contribution in [0.5, 0.6) is 0 Å². The molecule has 1 aromatic heterocycles. The summed E-state index contributed by atoms with van der Waals surface area (Å²) >= 11 is 7.33. The van der Waals surface area contributed by atoms with Crippen LogP contribution in [-0.4, -0.2) is 18.4 Å². The lowest BCUT2D eigenvalue weighted by molar-refractivity contribution is 0.0953. The third-order valence-electron chi connectivity index (χ3n) is 3.74. The maximum Gasteiger partial charge on any atom is 0.265 e. The lowest BCUT2D eigenvalue weighted by Gasteiger charge is -2.07. The molecule has 0 bridgehead atoms. The van der Waals surface area contributed by atoms with Crippen LogP contribution in [-0.2, 0) is 6.42 Å². The minimum absolute atomic E-state index is 0.150. The molecule has 0 saturated heterocycles. The highest BCUT2D eigenvalue weighted by Gasteiger charge is 2.08. The van der Waals surface area contributed by atoms with Gasteiger partial charge < -0.3 is 10.6 Å². The first-order chi connectivity index (χ1) is 12.6. The molecule has 0 atom stereocenters. The van der Waals surface area contributed by atoms with Crippen molar-refractivity contribution in [2.75, 3.05) is 11.9 Å². The predicted octanol–water partition coefficient (Wildman–Crippen LogP) is 4.63. The fourth-order valence-corrected chi connectivity index (χ4v) is 3.25. The van der Waals surface area contributed by atoms with Crippen molar-refractivity contribution in [3.63, 3.8) is 0 Å². The number of thiophene rings is 1. The van der Waals surface area contributed by atoms with Gasteiger partial charge >= 0.3 is 0 Å². The Morgan fingerprint density at radius 2 is 1.77 bits per heavy atom. The molecule has 3 rings (SSSR count). The van der Waals surface area contributed by atoms with Crippen molar-refractivity contribution < 1.29 is 9.59 Å². The molecule has 2 amide bonds. The van der Waals surface area contributed by atoms with Crippen molar-refractivity contribution in [1.82, 2.24) is 5.32 Å². The fourth-order valence-electron chi connectivity index (χ4n) is 2.42. The van der Waals surface area contributed by atoms with Gasteiger partial charge in [-0.2, -0.15) is 0 Å². The van der Waals surface area contributed by atoms with Gasteiger partial charge in [0.05, 0.1) is 4.88 Å². The number of carbonyl (C=O) groups is 2. The highest BCUT2D eigenvalue weighted by molar-refractivity contribution is 7.12. The van der Waals surface area contributed by atoms with Gasteiger partial charge in [0, 0.05) is 22.8 Å². The second-order valence-electron chi connectivity index (χ2n) is 5.64. The van der Waals surface area contributed by atoms with E-state index in [0.29, 0.717) is 34.1 Å². The van der Waals surface area contributed by atoms with Crippen molar-refractivity contribution in [2.45, 2.75) is 6.42 Å². The lowest BCUT2D eigenvalue weighted by Crippen LogP contribution is -2.25. The molecule has 3 aromatic rings. The van der Waals surface area contributed by atoms with E-state index in [-0.39, 0.29) is 11.8 Å². The van der Waals surface area contributed by atoms with Crippen LogP contribution < -0.4 is 10.6 Å². The zero-order valence-electron chi connectivity index (χ0n) is 13.9. The molecular formula is C20H17ClN2O2S. The number of hydrogen-bond donors (Lipinski definition) is 2. The Hall–Kier alpha value is -2.63. The molecule has 26 heavy (non-hydrogen) atoms. The smallest absolute Gasteiger partial charge is 0.265 e. The van der Waals surface area contributed by atoms with Gasteiger partial charge in [-0.1, -0.05) is 29.8 Å². The summed E-state index contributed by atoms with van der Waals surface area (Å²) in [6.07, 6.45) is 0.710. The summed E-state index contributed by atoms with van der Waals surface area (Å²) in [4.78, 5) is 24.9. The first kappa shape index (κ1) is 18.2. The molecule has 2 N–H and O–H groups in total. The van der Waals surface area contributed by atoms with Crippen LogP contribution >= 0.6 is 22.9 Å². The zero-order chi connectivity index (χ0) is 18.4. The summed E-state index contributed by atoms with van der Waals surface area (Å²) in [6.45, 7) is 0.524. The first-order valence-corrected chi connectivity index (χ1v) is 9.35. The number of nitrogens with one attached hydrogen (secondary N) is 2. The van der Waals surface area contributed by atoms with Gasteiger partial charge in [-0.05, 0) is 59.8 Å². The largest absolute Gasteiger partial charge is 0.352 e. The quantitative estimate of drug-likeness (QED) is 0.651. The molecular weight excluding hydrogens is 368 g/mol. The Morgan fingerprint density at radius 1 is 0.962 bits per heavy atom. The molecule has 0 unspecified atom stereocenters. The van der Waals surface area contributed by atoms with Crippen LogP contribution in [0.25, 0.3) is 0 Å². The highest BCUT2D eigenvalue weighted by Crippen LogP contribution is 2.14. The van der Waals surface area contributed by atoms with Crippen LogP contribution in [0.2, 0.25) is 5.02 Å². The van der Waals surface area contributed by atoms with Gasteiger partial charge in [-0.15, -0.1) is 11.3 Å². The molecule has 0 radical (unpaired) electrons. The molecule has 0 saturated carbocycles. The van der Waals surface area contributed by atoms with E-state index in [4.69, 9.17) is 11.6 Å². The van der Waals surface area contributed by atoms with E-state index in [1.54, 1.807) is 30.3 Å². The normalized spacial score (nSPS) is 10.3. The average molecular weight is 385 g/mol. The summed E-state index contributed by atoms with van der Waals surface area (Å²) in [5, 5.41) is 8.23.